The summed E-state index contributed by atoms with van der Waals surface area (Å²) in [7, 11) is -1.37. The van der Waals surface area contributed by atoms with E-state index in [1.54, 1.807) is 0 Å². The first kappa shape index (κ1) is 9.58. The maximum Gasteiger partial charge on any atom is 0.241 e. The lowest BCUT2D eigenvalue weighted by molar-refractivity contribution is 0.407. The topological polar surface area (TPSA) is 9.23 Å². The summed E-state index contributed by atoms with van der Waals surface area (Å²) in [6.45, 7) is 10.4. The van der Waals surface area contributed by atoms with Gasteiger partial charge in [0.25, 0.3) is 0 Å². The molecule has 0 amide bonds. The van der Waals surface area contributed by atoms with Crippen molar-refractivity contribution in [2.75, 3.05) is 0 Å². The van der Waals surface area contributed by atoms with Gasteiger partial charge in [0.2, 0.25) is 8.32 Å². The smallest absolute Gasteiger partial charge is 0.241 e. The van der Waals surface area contributed by atoms with Gasteiger partial charge in [-0.2, -0.15) is 0 Å². The molecule has 0 spiro atoms. The van der Waals surface area contributed by atoms with Gasteiger partial charge in [0.05, 0.1) is 5.76 Å². The largest absolute Gasteiger partial charge is 0.548 e. The van der Waals surface area contributed by atoms with Crippen LogP contribution in [0.1, 0.15) is 12.8 Å². The van der Waals surface area contributed by atoms with Gasteiger partial charge >= 0.3 is 0 Å². The molecule has 12 heavy (non-hydrogen) atoms. The lowest BCUT2D eigenvalue weighted by Crippen LogP contribution is -2.24. The average Bonchev–Trinajstić information content (AvgIpc) is 2.32. The summed E-state index contributed by atoms with van der Waals surface area (Å²) in [6, 6.07) is 0. The van der Waals surface area contributed by atoms with Crippen LogP contribution in [-0.2, 0) is 4.43 Å². The number of hydrogen-bond donors (Lipinski definition) is 0. The molecule has 0 aromatic rings. The summed E-state index contributed by atoms with van der Waals surface area (Å²) < 4.78 is 5.88. The number of allylic oxidation sites excluding steroid dienone is 3. The van der Waals surface area contributed by atoms with Crippen molar-refractivity contribution < 1.29 is 4.43 Å². The summed E-state index contributed by atoms with van der Waals surface area (Å²) in [5.74, 6) is 1.75. The Balaban J connectivity index is 2.50. The van der Waals surface area contributed by atoms with Crippen LogP contribution in [0.3, 0.4) is 0 Å². The van der Waals surface area contributed by atoms with Gasteiger partial charge in [-0.25, -0.2) is 0 Å². The molecule has 0 aromatic heterocycles. The van der Waals surface area contributed by atoms with Gasteiger partial charge in [-0.1, -0.05) is 6.08 Å². The Kier molecular flexibility index (Phi) is 2.78. The number of rotatable bonds is 3. The molecule has 1 unspecified atom stereocenters. The van der Waals surface area contributed by atoms with Gasteiger partial charge in [0, 0.05) is 6.42 Å². The van der Waals surface area contributed by atoms with Crippen molar-refractivity contribution in [2.45, 2.75) is 32.5 Å². The summed E-state index contributed by atoms with van der Waals surface area (Å²) in [5.41, 5.74) is 0. The molecular formula is C10H18OSi. The fraction of sp³-hybridized carbons (Fsp3) is 0.600. The molecule has 0 saturated carbocycles. The molecule has 0 radical (unpaired) electrons. The van der Waals surface area contributed by atoms with Crippen LogP contribution in [0.4, 0.5) is 0 Å². The van der Waals surface area contributed by atoms with Crippen LogP contribution >= 0.6 is 0 Å². The van der Waals surface area contributed by atoms with E-state index in [4.69, 9.17) is 4.43 Å². The molecule has 0 saturated heterocycles. The zero-order chi connectivity index (χ0) is 9.19. The third-order valence-electron chi connectivity index (χ3n) is 1.86. The minimum absolute atomic E-state index is 0.552. The van der Waals surface area contributed by atoms with E-state index in [0.29, 0.717) is 5.92 Å². The molecular weight excluding hydrogens is 164 g/mol. The molecule has 0 aliphatic heterocycles. The van der Waals surface area contributed by atoms with E-state index in [2.05, 4.69) is 32.3 Å². The van der Waals surface area contributed by atoms with Crippen molar-refractivity contribution in [3.8, 4) is 0 Å². The SMILES string of the molecule is C=CC1C=C(O[Si](C)(C)C)CC1. The minimum Gasteiger partial charge on any atom is -0.548 e. The highest BCUT2D eigenvalue weighted by Gasteiger charge is 2.21. The molecule has 1 nitrogen and oxygen atoms in total. The molecule has 0 aromatic carbocycles. The quantitative estimate of drug-likeness (QED) is 0.480. The zero-order valence-corrected chi connectivity index (χ0v) is 9.26. The summed E-state index contributed by atoms with van der Waals surface area (Å²) in [6.07, 6.45) is 6.50. The summed E-state index contributed by atoms with van der Waals surface area (Å²) in [5, 5.41) is 0. The standard InChI is InChI=1S/C10H18OSi/c1-5-9-6-7-10(8-9)11-12(2,3)4/h5,8-9H,1,6-7H2,2-4H3. The third-order valence-corrected chi connectivity index (χ3v) is 2.74. The normalized spacial score (nSPS) is 23.6. The van der Waals surface area contributed by atoms with E-state index >= 15 is 0 Å². The summed E-state index contributed by atoms with van der Waals surface area (Å²) in [4.78, 5) is 0. The molecule has 0 N–H and O–H groups in total. The van der Waals surface area contributed by atoms with Crippen LogP contribution in [0.25, 0.3) is 0 Å². The van der Waals surface area contributed by atoms with Crippen LogP contribution in [-0.4, -0.2) is 8.32 Å². The number of hydrogen-bond acceptors (Lipinski definition) is 1. The van der Waals surface area contributed by atoms with E-state index in [-0.39, 0.29) is 0 Å². The van der Waals surface area contributed by atoms with Crippen LogP contribution in [0, 0.1) is 5.92 Å². The molecule has 1 rings (SSSR count). The lowest BCUT2D eigenvalue weighted by Gasteiger charge is -2.19. The van der Waals surface area contributed by atoms with Gasteiger partial charge in [-0.15, -0.1) is 6.58 Å². The van der Waals surface area contributed by atoms with Gasteiger partial charge < -0.3 is 4.43 Å². The lowest BCUT2D eigenvalue weighted by atomic mass is 10.1. The highest BCUT2D eigenvalue weighted by molar-refractivity contribution is 6.70. The molecule has 0 fully saturated rings. The molecule has 1 aliphatic carbocycles. The Labute approximate surface area is 76.3 Å². The second-order valence-corrected chi connectivity index (χ2v) is 8.71. The van der Waals surface area contributed by atoms with Gasteiger partial charge in [-0.3, -0.25) is 0 Å². The zero-order valence-electron chi connectivity index (χ0n) is 8.26. The van der Waals surface area contributed by atoms with E-state index in [1.165, 1.54) is 12.2 Å². The fourth-order valence-electron chi connectivity index (χ4n) is 1.38. The van der Waals surface area contributed by atoms with E-state index in [1.807, 2.05) is 6.08 Å². The highest BCUT2D eigenvalue weighted by Crippen LogP contribution is 2.27. The first-order valence-electron chi connectivity index (χ1n) is 4.53. The monoisotopic (exact) mass is 182 g/mol. The van der Waals surface area contributed by atoms with Crippen LogP contribution < -0.4 is 0 Å². The Hall–Kier alpha value is -0.503. The van der Waals surface area contributed by atoms with E-state index in [9.17, 15) is 0 Å². The Morgan fingerprint density at radius 3 is 2.67 bits per heavy atom. The van der Waals surface area contributed by atoms with Crippen molar-refractivity contribution >= 4 is 8.32 Å². The average molecular weight is 182 g/mol. The van der Waals surface area contributed by atoms with Crippen LogP contribution in [0.15, 0.2) is 24.5 Å². The Morgan fingerprint density at radius 2 is 2.25 bits per heavy atom. The van der Waals surface area contributed by atoms with Gasteiger partial charge in [-0.05, 0) is 38.1 Å². The Bertz CT molecular complexity index is 200. The van der Waals surface area contributed by atoms with Crippen LogP contribution in [0.2, 0.25) is 19.6 Å². The van der Waals surface area contributed by atoms with Crippen molar-refractivity contribution in [1.82, 2.24) is 0 Å². The van der Waals surface area contributed by atoms with Gasteiger partial charge in [0.1, 0.15) is 0 Å². The van der Waals surface area contributed by atoms with Crippen molar-refractivity contribution in [3.05, 3.63) is 24.5 Å². The van der Waals surface area contributed by atoms with E-state index in [0.717, 1.165) is 6.42 Å². The maximum atomic E-state index is 5.88. The molecule has 1 aliphatic rings. The van der Waals surface area contributed by atoms with Crippen LogP contribution in [0.5, 0.6) is 0 Å². The Morgan fingerprint density at radius 1 is 1.58 bits per heavy atom. The van der Waals surface area contributed by atoms with Crippen molar-refractivity contribution in [3.63, 3.8) is 0 Å². The predicted molar refractivity (Wildman–Crippen MR) is 55.4 cm³/mol. The third kappa shape index (κ3) is 2.86. The van der Waals surface area contributed by atoms with Crippen molar-refractivity contribution in [2.24, 2.45) is 5.92 Å². The summed E-state index contributed by atoms with van der Waals surface area (Å²) >= 11 is 0. The second-order valence-electron chi connectivity index (χ2n) is 4.29. The molecule has 0 heterocycles. The molecule has 0 bridgehead atoms. The highest BCUT2D eigenvalue weighted by atomic mass is 28.4. The minimum atomic E-state index is -1.37. The van der Waals surface area contributed by atoms with Crippen molar-refractivity contribution in [1.29, 1.82) is 0 Å². The van der Waals surface area contributed by atoms with Gasteiger partial charge in [0.15, 0.2) is 0 Å². The molecule has 2 heteroatoms. The maximum absolute atomic E-state index is 5.88. The molecule has 68 valence electrons. The van der Waals surface area contributed by atoms with E-state index < -0.39 is 8.32 Å². The molecule has 1 atom stereocenters. The second kappa shape index (κ2) is 3.48. The first-order chi connectivity index (χ1) is 5.51. The predicted octanol–water partition coefficient (Wildman–Crippen LogP) is 3.32. The fourth-order valence-corrected chi connectivity index (χ4v) is 2.34. The first-order valence-corrected chi connectivity index (χ1v) is 7.94.